The lowest BCUT2D eigenvalue weighted by atomic mass is 9.77. The van der Waals surface area contributed by atoms with Crippen LogP contribution in [0.25, 0.3) is 0 Å². The molecule has 0 atom stereocenters. The maximum Gasteiger partial charge on any atom is 0.0568 e. The van der Waals surface area contributed by atoms with Crippen LogP contribution in [0, 0.1) is 5.92 Å². The topological polar surface area (TPSA) is 24.7 Å². The average molecular weight is 445 g/mol. The van der Waals surface area contributed by atoms with Crippen LogP contribution in [0.3, 0.4) is 0 Å². The van der Waals surface area contributed by atoms with Gasteiger partial charge in [-0.15, -0.1) is 0 Å². The third-order valence-corrected chi connectivity index (χ3v) is 7.25. The molecule has 1 aliphatic rings. The van der Waals surface area contributed by atoms with Gasteiger partial charge in [0.25, 0.3) is 0 Å². The Labute approximate surface area is 202 Å². The highest BCUT2D eigenvalue weighted by Crippen LogP contribution is 2.37. The molecule has 1 fully saturated rings. The Kier molecular flexibility index (Phi) is 11.4. The zero-order chi connectivity index (χ0) is 23.1. The minimum absolute atomic E-state index is 0.742. The lowest BCUT2D eigenvalue weighted by Crippen LogP contribution is -2.13. The number of aryl methyl sites for hydroxylation is 1. The highest BCUT2D eigenvalue weighted by Gasteiger charge is 2.21. The van der Waals surface area contributed by atoms with Crippen molar-refractivity contribution in [3.8, 4) is 0 Å². The SMILES string of the molecule is CCCCCCc1ccc(/C=N/N=C/c2ccc(C3CCC(CCCCC)CC3)cc2)cc1. The molecular formula is C31H44N2. The molecule has 0 aliphatic heterocycles. The monoisotopic (exact) mass is 444 g/mol. The van der Waals surface area contributed by atoms with E-state index in [0.29, 0.717) is 0 Å². The molecule has 1 aliphatic carbocycles. The molecule has 0 bridgehead atoms. The first-order chi connectivity index (χ1) is 16.3. The van der Waals surface area contributed by atoms with Crippen LogP contribution in [0.2, 0.25) is 0 Å². The number of nitrogens with zero attached hydrogens (tertiary/aromatic N) is 2. The average Bonchev–Trinajstić information content (AvgIpc) is 2.86. The summed E-state index contributed by atoms with van der Waals surface area (Å²) in [6, 6.07) is 17.7. The minimum Gasteiger partial charge on any atom is -0.159 e. The van der Waals surface area contributed by atoms with Crippen molar-refractivity contribution in [2.24, 2.45) is 16.1 Å². The number of rotatable bonds is 13. The highest BCUT2D eigenvalue weighted by atomic mass is 15.2. The molecule has 2 heteroatoms. The summed E-state index contributed by atoms with van der Waals surface area (Å²) in [6.07, 6.45) is 21.2. The Morgan fingerprint density at radius 1 is 0.667 bits per heavy atom. The van der Waals surface area contributed by atoms with E-state index in [1.807, 2.05) is 12.4 Å². The van der Waals surface area contributed by atoms with Crippen LogP contribution in [0.1, 0.15) is 119 Å². The van der Waals surface area contributed by atoms with Crippen LogP contribution < -0.4 is 0 Å². The second-order valence-corrected chi connectivity index (χ2v) is 9.92. The molecule has 0 heterocycles. The second kappa shape index (κ2) is 14.8. The molecule has 2 aromatic carbocycles. The molecule has 0 N–H and O–H groups in total. The first-order valence-electron chi connectivity index (χ1n) is 13.5. The van der Waals surface area contributed by atoms with Crippen molar-refractivity contribution < 1.29 is 0 Å². The van der Waals surface area contributed by atoms with Gasteiger partial charge in [-0.2, -0.15) is 10.2 Å². The second-order valence-electron chi connectivity index (χ2n) is 9.92. The fourth-order valence-corrected chi connectivity index (χ4v) is 5.05. The molecule has 2 nitrogen and oxygen atoms in total. The van der Waals surface area contributed by atoms with Crippen LogP contribution in [-0.4, -0.2) is 12.4 Å². The first kappa shape index (κ1) is 25.4. The summed E-state index contributed by atoms with van der Waals surface area (Å²) in [6.45, 7) is 4.55. The van der Waals surface area contributed by atoms with E-state index in [4.69, 9.17) is 0 Å². The van der Waals surface area contributed by atoms with Crippen molar-refractivity contribution >= 4 is 12.4 Å². The van der Waals surface area contributed by atoms with Crippen molar-refractivity contribution in [2.45, 2.75) is 103 Å². The normalized spacial score (nSPS) is 19.0. The van der Waals surface area contributed by atoms with E-state index in [9.17, 15) is 0 Å². The van der Waals surface area contributed by atoms with Crippen molar-refractivity contribution in [3.05, 3.63) is 70.8 Å². The van der Waals surface area contributed by atoms with Gasteiger partial charge in [0.2, 0.25) is 0 Å². The van der Waals surface area contributed by atoms with Crippen molar-refractivity contribution in [1.29, 1.82) is 0 Å². The fourth-order valence-electron chi connectivity index (χ4n) is 5.05. The largest absolute Gasteiger partial charge is 0.159 e. The Balaban J connectivity index is 1.41. The highest BCUT2D eigenvalue weighted by molar-refractivity contribution is 5.82. The van der Waals surface area contributed by atoms with Gasteiger partial charge in [0.1, 0.15) is 0 Å². The van der Waals surface area contributed by atoms with Gasteiger partial charge in [-0.3, -0.25) is 0 Å². The van der Waals surface area contributed by atoms with E-state index >= 15 is 0 Å². The van der Waals surface area contributed by atoms with E-state index in [-0.39, 0.29) is 0 Å². The van der Waals surface area contributed by atoms with E-state index in [2.05, 4.69) is 72.6 Å². The quantitative estimate of drug-likeness (QED) is 0.167. The molecule has 178 valence electrons. The van der Waals surface area contributed by atoms with Gasteiger partial charge in [0.05, 0.1) is 12.4 Å². The zero-order valence-corrected chi connectivity index (χ0v) is 21.0. The van der Waals surface area contributed by atoms with E-state index in [1.165, 1.54) is 94.6 Å². The molecule has 0 amide bonds. The lowest BCUT2D eigenvalue weighted by molar-refractivity contribution is 0.303. The van der Waals surface area contributed by atoms with Crippen LogP contribution in [0.4, 0.5) is 0 Å². The number of unbranched alkanes of at least 4 members (excludes halogenated alkanes) is 5. The summed E-state index contributed by atoms with van der Waals surface area (Å²) in [4.78, 5) is 0. The maximum atomic E-state index is 4.26. The number of hydrogen-bond donors (Lipinski definition) is 0. The molecule has 2 aromatic rings. The molecule has 33 heavy (non-hydrogen) atoms. The summed E-state index contributed by atoms with van der Waals surface area (Å²) in [5.41, 5.74) is 5.13. The molecule has 0 spiro atoms. The lowest BCUT2D eigenvalue weighted by Gasteiger charge is -2.29. The van der Waals surface area contributed by atoms with Crippen LogP contribution >= 0.6 is 0 Å². The van der Waals surface area contributed by atoms with E-state index in [0.717, 1.165) is 23.0 Å². The molecule has 0 radical (unpaired) electrons. The Bertz CT molecular complexity index is 824. The van der Waals surface area contributed by atoms with Gasteiger partial charge in [0.15, 0.2) is 0 Å². The van der Waals surface area contributed by atoms with Gasteiger partial charge in [-0.25, -0.2) is 0 Å². The number of hydrogen-bond acceptors (Lipinski definition) is 2. The van der Waals surface area contributed by atoms with Crippen LogP contribution in [0.15, 0.2) is 58.7 Å². The van der Waals surface area contributed by atoms with Crippen LogP contribution in [-0.2, 0) is 6.42 Å². The predicted molar refractivity (Wildman–Crippen MR) is 145 cm³/mol. The molecule has 0 aromatic heterocycles. The first-order valence-corrected chi connectivity index (χ1v) is 13.5. The Morgan fingerprint density at radius 2 is 1.24 bits per heavy atom. The van der Waals surface area contributed by atoms with Crippen LogP contribution in [0.5, 0.6) is 0 Å². The summed E-state index contributed by atoms with van der Waals surface area (Å²) in [5.74, 6) is 1.71. The summed E-state index contributed by atoms with van der Waals surface area (Å²) in [7, 11) is 0. The Hall–Kier alpha value is -2.22. The van der Waals surface area contributed by atoms with Gasteiger partial charge >= 0.3 is 0 Å². The van der Waals surface area contributed by atoms with Crippen molar-refractivity contribution in [3.63, 3.8) is 0 Å². The molecular weight excluding hydrogens is 400 g/mol. The van der Waals surface area contributed by atoms with Crippen molar-refractivity contribution in [1.82, 2.24) is 0 Å². The number of benzene rings is 2. The molecule has 0 saturated heterocycles. The maximum absolute atomic E-state index is 4.26. The third kappa shape index (κ3) is 9.27. The fraction of sp³-hybridized carbons (Fsp3) is 0.548. The van der Waals surface area contributed by atoms with Crippen molar-refractivity contribution in [2.75, 3.05) is 0 Å². The molecule has 3 rings (SSSR count). The summed E-state index contributed by atoms with van der Waals surface area (Å²) < 4.78 is 0. The van der Waals surface area contributed by atoms with E-state index < -0.39 is 0 Å². The van der Waals surface area contributed by atoms with Gasteiger partial charge in [-0.1, -0.05) is 107 Å². The standard InChI is InChI=1S/C31H44N2/c1-3-5-7-9-11-26-12-14-28(15-13-26)24-32-33-25-29-18-22-31(23-19-29)30-20-16-27(17-21-30)10-8-6-4-2/h12-15,18-19,22-25,27,30H,3-11,16-17,20-21H2,1-2H3/b32-24+,33-25+. The minimum atomic E-state index is 0.742. The molecule has 0 unspecified atom stereocenters. The summed E-state index contributed by atoms with van der Waals surface area (Å²) in [5, 5.41) is 8.51. The van der Waals surface area contributed by atoms with Gasteiger partial charge in [-0.05, 0) is 72.6 Å². The van der Waals surface area contributed by atoms with Gasteiger partial charge in [0, 0.05) is 0 Å². The van der Waals surface area contributed by atoms with Gasteiger partial charge < -0.3 is 0 Å². The third-order valence-electron chi connectivity index (χ3n) is 7.25. The smallest absolute Gasteiger partial charge is 0.0568 e. The van der Waals surface area contributed by atoms with E-state index in [1.54, 1.807) is 0 Å². The molecule has 1 saturated carbocycles. The zero-order valence-electron chi connectivity index (χ0n) is 21.0. The predicted octanol–water partition coefficient (Wildman–Crippen LogP) is 9.12. The summed E-state index contributed by atoms with van der Waals surface area (Å²) >= 11 is 0. The Morgan fingerprint density at radius 3 is 1.85 bits per heavy atom.